The molecule has 12 aromatic carbocycles. The van der Waals surface area contributed by atoms with Crippen LogP contribution >= 0.6 is 34.3 Å². The van der Waals surface area contributed by atoms with Gasteiger partial charge in [-0.25, -0.2) is 19.9 Å². The maximum absolute atomic E-state index is 9.47. The van der Waals surface area contributed by atoms with E-state index in [-0.39, 0.29) is 0 Å². The zero-order valence-electron chi connectivity index (χ0n) is 46.7. The third kappa shape index (κ3) is 9.59. The molecular weight excluding hydrogens is 1140 g/mol. The second kappa shape index (κ2) is 22.2. The van der Waals surface area contributed by atoms with Gasteiger partial charge in [-0.3, -0.25) is 0 Å². The van der Waals surface area contributed by atoms with Crippen molar-refractivity contribution in [2.45, 2.75) is 0 Å². The van der Waals surface area contributed by atoms with Crippen molar-refractivity contribution in [2.75, 3.05) is 0 Å². The summed E-state index contributed by atoms with van der Waals surface area (Å²) < 4.78 is 17.0. The summed E-state index contributed by atoms with van der Waals surface area (Å²) in [6, 6.07) is 88.0. The Bertz CT molecular complexity index is 5760. The second-order valence-corrected chi connectivity index (χ2v) is 24.1. The van der Waals surface area contributed by atoms with Crippen molar-refractivity contribution in [2.24, 2.45) is 0 Å². The quantitative estimate of drug-likeness (QED) is 0.158. The maximum atomic E-state index is 9.47. The molecule has 6 aromatic heterocycles. The molecule has 18 rings (SSSR count). The van der Waals surface area contributed by atoms with Gasteiger partial charge in [-0.15, -0.1) is 22.7 Å². The van der Waals surface area contributed by atoms with Gasteiger partial charge in [0.2, 0.25) is 11.4 Å². The van der Waals surface area contributed by atoms with Gasteiger partial charge in [0.1, 0.15) is 27.4 Å². The molecule has 0 saturated carbocycles. The molecule has 0 amide bonds. The fourth-order valence-corrected chi connectivity index (χ4v) is 14.7. The number of furan rings is 2. The second-order valence-electron chi connectivity index (χ2n) is 21.6. The van der Waals surface area contributed by atoms with Crippen LogP contribution in [0.2, 0.25) is 5.15 Å². The summed E-state index contributed by atoms with van der Waals surface area (Å²) >= 11 is 9.60. The largest absolute Gasteiger partial charge is 0.488 e. The van der Waals surface area contributed by atoms with Crippen LogP contribution in [-0.4, -0.2) is 37.1 Å². The van der Waals surface area contributed by atoms with Crippen LogP contribution in [0.5, 0.6) is 0 Å². The Kier molecular flexibility index (Phi) is 13.4. The van der Waals surface area contributed by atoms with Crippen molar-refractivity contribution >= 4 is 153 Å². The average Bonchev–Trinajstić information content (AvgIpc) is 2.16. The Morgan fingerprint density at radius 3 is 1.33 bits per heavy atom. The SMILES string of the molecule is Clc1cnc2oc3ccc4ccccc4c3c2n1.OB(O)c1cccc(-c2cccc(-c3cccc4c3sc3ccccc34)c2)c1.c1cc(-c2cccc(-c3cccc4c3sc3ccccc34)c2)cc(-c2cnc3oc4ccc5ccccc5c4c3n2)c1. The van der Waals surface area contributed by atoms with E-state index < -0.39 is 7.12 Å². The molecule has 8 nitrogen and oxygen atoms in total. The number of fused-ring (bicyclic) bond motifs is 16. The van der Waals surface area contributed by atoms with Crippen LogP contribution < -0.4 is 5.46 Å². The minimum atomic E-state index is -1.46. The van der Waals surface area contributed by atoms with E-state index in [0.717, 1.165) is 82.5 Å². The zero-order chi connectivity index (χ0) is 58.8. The molecule has 0 bridgehead atoms. The number of thiophene rings is 2. The summed E-state index contributed by atoms with van der Waals surface area (Å²) in [5.41, 5.74) is 15.7. The Morgan fingerprint density at radius 2 is 0.784 bits per heavy atom. The van der Waals surface area contributed by atoms with Gasteiger partial charge in [-0.2, -0.15) is 0 Å². The van der Waals surface area contributed by atoms with E-state index in [4.69, 9.17) is 25.4 Å². The van der Waals surface area contributed by atoms with E-state index in [1.165, 1.54) is 68.8 Å². The predicted molar refractivity (Wildman–Crippen MR) is 368 cm³/mol. The highest BCUT2D eigenvalue weighted by Crippen LogP contribution is 2.43. The van der Waals surface area contributed by atoms with Crippen LogP contribution in [0, 0.1) is 0 Å². The summed E-state index contributed by atoms with van der Waals surface area (Å²) in [7, 11) is -1.46. The number of nitrogens with zero attached hydrogens (tertiary/aromatic N) is 4. The number of rotatable bonds is 6. The Labute approximate surface area is 516 Å². The molecule has 0 spiro atoms. The van der Waals surface area contributed by atoms with Crippen molar-refractivity contribution < 1.29 is 18.9 Å². The lowest BCUT2D eigenvalue weighted by atomic mass is 9.79. The van der Waals surface area contributed by atoms with Gasteiger partial charge in [-0.05, 0) is 114 Å². The summed E-state index contributed by atoms with van der Waals surface area (Å²) in [5.74, 6) is 0. The van der Waals surface area contributed by atoms with E-state index in [2.05, 4.69) is 215 Å². The first-order valence-electron chi connectivity index (χ1n) is 28.7. The fourth-order valence-electron chi connectivity index (χ4n) is 12.1. The van der Waals surface area contributed by atoms with Crippen molar-refractivity contribution in [1.29, 1.82) is 0 Å². The van der Waals surface area contributed by atoms with Crippen LogP contribution in [-0.2, 0) is 0 Å². The smallest absolute Gasteiger partial charge is 0.436 e. The average molecular weight is 1190 g/mol. The highest BCUT2D eigenvalue weighted by Gasteiger charge is 2.18. The van der Waals surface area contributed by atoms with Gasteiger partial charge >= 0.3 is 7.12 Å². The van der Waals surface area contributed by atoms with E-state index in [9.17, 15) is 10.0 Å². The van der Waals surface area contributed by atoms with Crippen molar-refractivity contribution in [3.8, 4) is 55.8 Å². The fraction of sp³-hybridized carbons (Fsp3) is 0. The summed E-state index contributed by atoms with van der Waals surface area (Å²) in [5, 5.41) is 31.0. The molecular formula is C76H46BClN4O4S2. The van der Waals surface area contributed by atoms with Gasteiger partial charge in [0, 0.05) is 45.9 Å². The number of aromatic nitrogens is 4. The normalized spacial score (nSPS) is 11.6. The first kappa shape index (κ1) is 53.1. The molecule has 2 N–H and O–H groups in total. The molecule has 0 fully saturated rings. The highest BCUT2D eigenvalue weighted by atomic mass is 35.5. The molecule has 0 radical (unpaired) electrons. The van der Waals surface area contributed by atoms with E-state index in [1.54, 1.807) is 6.07 Å². The Hall–Kier alpha value is -10.4. The molecule has 416 valence electrons. The topological polar surface area (TPSA) is 118 Å². The number of hydrogen-bond donors (Lipinski definition) is 2. The molecule has 12 heteroatoms. The molecule has 0 unspecified atom stereocenters. The van der Waals surface area contributed by atoms with Crippen molar-refractivity contribution in [1.82, 2.24) is 19.9 Å². The molecule has 0 aliphatic rings. The summed E-state index contributed by atoms with van der Waals surface area (Å²) in [4.78, 5) is 18.2. The molecule has 6 heterocycles. The monoisotopic (exact) mass is 1190 g/mol. The van der Waals surface area contributed by atoms with Crippen LogP contribution in [0.4, 0.5) is 0 Å². The first-order chi connectivity index (χ1) is 43.3. The molecule has 0 saturated heterocycles. The Morgan fingerprint density at radius 1 is 0.364 bits per heavy atom. The van der Waals surface area contributed by atoms with E-state index in [0.29, 0.717) is 27.6 Å². The van der Waals surface area contributed by atoms with Gasteiger partial charge in [0.15, 0.2) is 0 Å². The van der Waals surface area contributed by atoms with Crippen LogP contribution in [0.3, 0.4) is 0 Å². The minimum Gasteiger partial charge on any atom is -0.436 e. The summed E-state index contributed by atoms with van der Waals surface area (Å²) in [6.45, 7) is 0. The first-order valence-corrected chi connectivity index (χ1v) is 30.7. The molecule has 18 aromatic rings. The van der Waals surface area contributed by atoms with Gasteiger partial charge in [0.05, 0.1) is 28.9 Å². The summed E-state index contributed by atoms with van der Waals surface area (Å²) in [6.07, 6.45) is 3.30. The Balaban J connectivity index is 0.000000116. The van der Waals surface area contributed by atoms with Crippen LogP contribution in [0.15, 0.2) is 276 Å². The predicted octanol–water partition coefficient (Wildman–Crippen LogP) is 20.1. The number of hydrogen-bond acceptors (Lipinski definition) is 10. The lowest BCUT2D eigenvalue weighted by Gasteiger charge is -2.09. The van der Waals surface area contributed by atoms with E-state index >= 15 is 0 Å². The van der Waals surface area contributed by atoms with Gasteiger partial charge in [0.25, 0.3) is 0 Å². The van der Waals surface area contributed by atoms with Crippen LogP contribution in [0.1, 0.15) is 0 Å². The minimum absolute atomic E-state index is 0.373. The lowest BCUT2D eigenvalue weighted by molar-refractivity contribution is 0.426. The maximum Gasteiger partial charge on any atom is 0.488 e. The molecule has 0 atom stereocenters. The third-order valence-electron chi connectivity index (χ3n) is 16.3. The lowest BCUT2D eigenvalue weighted by Crippen LogP contribution is -2.29. The number of halogens is 1. The standard InChI is InChI=1S/C38H22N2OS.C24H17BO2S.C14H7ClN2O/c1-2-13-28-23(8-1)18-19-33-35(28)36-38(41-33)39-22-32(40-36)27-12-6-10-25(21-27)24-9-5-11-26(20-24)29-15-7-16-31-30-14-3-4-17-34(30)42-37(29)31;26-25(27)19-9-4-7-17(15-19)16-6-3-8-18(14-16)20-11-5-12-22-21-10-1-2-13-23(21)28-24(20)22;15-11-7-16-14-13(17-11)12-9-4-2-1-3-8(9)5-6-10(12)18-14/h1-22H;1-15,26-27H;1-7H. The van der Waals surface area contributed by atoms with Crippen LogP contribution in [0.25, 0.3) is 162 Å². The van der Waals surface area contributed by atoms with E-state index in [1.807, 2.05) is 77.4 Å². The number of benzene rings is 12. The zero-order valence-corrected chi connectivity index (χ0v) is 49.1. The molecule has 0 aliphatic heterocycles. The van der Waals surface area contributed by atoms with Gasteiger partial charge < -0.3 is 18.9 Å². The van der Waals surface area contributed by atoms with Crippen molar-refractivity contribution in [3.63, 3.8) is 0 Å². The van der Waals surface area contributed by atoms with Crippen molar-refractivity contribution in [3.05, 3.63) is 272 Å². The van der Waals surface area contributed by atoms with Gasteiger partial charge in [-0.1, -0.05) is 224 Å². The molecule has 0 aliphatic carbocycles. The third-order valence-corrected chi connectivity index (χ3v) is 18.9. The highest BCUT2D eigenvalue weighted by molar-refractivity contribution is 7.26. The molecule has 88 heavy (non-hydrogen) atoms.